The molecule has 1 unspecified atom stereocenters. The number of benzene rings is 2. The molecule has 0 bridgehead atoms. The van der Waals surface area contributed by atoms with Gasteiger partial charge in [0.15, 0.2) is 0 Å². The summed E-state index contributed by atoms with van der Waals surface area (Å²) < 4.78 is 16.5. The van der Waals surface area contributed by atoms with E-state index in [1.165, 1.54) is 11.1 Å². The van der Waals surface area contributed by atoms with Gasteiger partial charge in [-0.15, -0.1) is 4.91 Å². The Morgan fingerprint density at radius 1 is 1.24 bits per heavy atom. The maximum absolute atomic E-state index is 14.5. The Kier molecular flexibility index (Phi) is 3.77. The Morgan fingerprint density at radius 3 is 2.80 bits per heavy atom. The van der Waals surface area contributed by atoms with Gasteiger partial charge in [0.1, 0.15) is 17.7 Å². The van der Waals surface area contributed by atoms with E-state index in [1.54, 1.807) is 36.5 Å². The monoisotopic (exact) mass is 356 g/mol. The Labute approximate surface area is 148 Å². The summed E-state index contributed by atoms with van der Waals surface area (Å²) in [4.78, 5) is 15.9. The number of aryl methyl sites for hydroxylation is 1. The molecule has 4 rings (SSSR count). The molecule has 7 heteroatoms. The van der Waals surface area contributed by atoms with E-state index in [2.05, 4.69) is 10.3 Å². The van der Waals surface area contributed by atoms with Crippen LogP contribution in [0.1, 0.15) is 28.7 Å². The quantitative estimate of drug-likeness (QED) is 0.632. The van der Waals surface area contributed by atoms with E-state index in [0.717, 1.165) is 17.2 Å². The standard InChI is InChI=1S/C18H14ClFN4O/c1-11-21-9-13-10-23(22-25)18(14-4-2-3-5-16(14)20)15-8-12(19)6-7-17(15)24(11)13/h2-9,18H,10H2,1H3. The number of hydrogen-bond acceptors (Lipinski definition) is 3. The van der Waals surface area contributed by atoms with E-state index < -0.39 is 11.9 Å². The van der Waals surface area contributed by atoms with Crippen molar-refractivity contribution in [3.8, 4) is 5.69 Å². The first-order valence-corrected chi connectivity index (χ1v) is 8.15. The van der Waals surface area contributed by atoms with Gasteiger partial charge in [0.2, 0.25) is 0 Å². The van der Waals surface area contributed by atoms with Gasteiger partial charge in [-0.05, 0) is 31.2 Å². The van der Waals surface area contributed by atoms with E-state index in [4.69, 9.17) is 11.6 Å². The lowest BCUT2D eigenvalue weighted by Gasteiger charge is -2.26. The molecule has 0 spiro atoms. The van der Waals surface area contributed by atoms with Gasteiger partial charge in [0, 0.05) is 16.1 Å². The Bertz CT molecular complexity index is 971. The predicted molar refractivity (Wildman–Crippen MR) is 92.9 cm³/mol. The summed E-state index contributed by atoms with van der Waals surface area (Å²) in [7, 11) is 0. The van der Waals surface area contributed by atoms with Crippen LogP contribution in [0.25, 0.3) is 5.69 Å². The van der Waals surface area contributed by atoms with Crippen molar-refractivity contribution in [2.75, 3.05) is 0 Å². The maximum atomic E-state index is 14.5. The van der Waals surface area contributed by atoms with Crippen molar-refractivity contribution in [1.29, 1.82) is 0 Å². The van der Waals surface area contributed by atoms with Gasteiger partial charge in [0.25, 0.3) is 0 Å². The zero-order chi connectivity index (χ0) is 17.6. The molecule has 0 fully saturated rings. The van der Waals surface area contributed by atoms with Gasteiger partial charge < -0.3 is 0 Å². The van der Waals surface area contributed by atoms with E-state index in [9.17, 15) is 9.30 Å². The molecular formula is C18H14ClFN4O. The summed E-state index contributed by atoms with van der Waals surface area (Å²) in [6.45, 7) is 2.10. The van der Waals surface area contributed by atoms with Crippen LogP contribution in [-0.2, 0) is 6.54 Å². The summed E-state index contributed by atoms with van der Waals surface area (Å²) in [6, 6.07) is 11.1. The van der Waals surface area contributed by atoms with Crippen LogP contribution in [0.4, 0.5) is 4.39 Å². The number of halogens is 2. The number of imidazole rings is 1. The molecule has 0 amide bonds. The van der Waals surface area contributed by atoms with Crippen LogP contribution in [-0.4, -0.2) is 14.6 Å². The average Bonchev–Trinajstić information content (AvgIpc) is 2.89. The number of fused-ring (bicyclic) bond motifs is 3. The van der Waals surface area contributed by atoms with E-state index >= 15 is 0 Å². The van der Waals surface area contributed by atoms with Crippen molar-refractivity contribution < 1.29 is 4.39 Å². The SMILES string of the molecule is Cc1ncc2n1-c1ccc(Cl)cc1C(c1ccccc1F)N(N=O)C2. The van der Waals surface area contributed by atoms with E-state index in [-0.39, 0.29) is 6.54 Å². The minimum atomic E-state index is -0.674. The first kappa shape index (κ1) is 15.8. The van der Waals surface area contributed by atoms with Crippen LogP contribution in [0.15, 0.2) is 53.9 Å². The van der Waals surface area contributed by atoms with Crippen LogP contribution in [0.3, 0.4) is 0 Å². The molecule has 1 aromatic heterocycles. The van der Waals surface area contributed by atoms with Crippen LogP contribution in [0, 0.1) is 17.6 Å². The number of hydrogen-bond donors (Lipinski definition) is 0. The molecule has 5 nitrogen and oxygen atoms in total. The van der Waals surface area contributed by atoms with Crippen LogP contribution in [0.5, 0.6) is 0 Å². The highest BCUT2D eigenvalue weighted by Gasteiger charge is 2.32. The molecule has 3 aromatic rings. The summed E-state index contributed by atoms with van der Waals surface area (Å²) in [5.41, 5.74) is 2.70. The molecule has 0 saturated carbocycles. The second-order valence-electron chi connectivity index (χ2n) is 5.94. The normalized spacial score (nSPS) is 16.1. The van der Waals surface area contributed by atoms with Gasteiger partial charge in [-0.25, -0.2) is 14.4 Å². The molecule has 2 heterocycles. The van der Waals surface area contributed by atoms with Crippen LogP contribution < -0.4 is 0 Å². The number of nitroso groups, excluding NO2 is 1. The molecule has 0 radical (unpaired) electrons. The van der Waals surface area contributed by atoms with E-state index in [1.807, 2.05) is 17.6 Å². The second-order valence-corrected chi connectivity index (χ2v) is 6.38. The summed E-state index contributed by atoms with van der Waals surface area (Å²) in [6.07, 6.45) is 1.70. The molecule has 126 valence electrons. The molecular weight excluding hydrogens is 343 g/mol. The third-order valence-electron chi connectivity index (χ3n) is 4.46. The lowest BCUT2D eigenvalue weighted by Crippen LogP contribution is -2.23. The molecule has 0 aliphatic carbocycles. The summed E-state index contributed by atoms with van der Waals surface area (Å²) >= 11 is 6.21. The zero-order valence-corrected chi connectivity index (χ0v) is 14.1. The van der Waals surface area contributed by atoms with Crippen molar-refractivity contribution in [2.45, 2.75) is 19.5 Å². The Hall–Kier alpha value is -2.73. The van der Waals surface area contributed by atoms with Crippen molar-refractivity contribution in [3.63, 3.8) is 0 Å². The van der Waals surface area contributed by atoms with Crippen molar-refractivity contribution in [2.24, 2.45) is 5.29 Å². The van der Waals surface area contributed by atoms with E-state index in [0.29, 0.717) is 16.1 Å². The largest absolute Gasteiger partial charge is 0.299 e. The van der Waals surface area contributed by atoms with Crippen molar-refractivity contribution in [3.05, 3.63) is 87.1 Å². The predicted octanol–water partition coefficient (Wildman–Crippen LogP) is 4.56. The van der Waals surface area contributed by atoms with Gasteiger partial charge >= 0.3 is 0 Å². The van der Waals surface area contributed by atoms with Gasteiger partial charge in [-0.3, -0.25) is 4.57 Å². The highest BCUT2D eigenvalue weighted by molar-refractivity contribution is 6.30. The first-order chi connectivity index (χ1) is 12.1. The van der Waals surface area contributed by atoms with Gasteiger partial charge in [0.05, 0.1) is 29.4 Å². The fourth-order valence-electron chi connectivity index (χ4n) is 3.40. The molecule has 0 saturated heterocycles. The molecule has 1 aliphatic heterocycles. The lowest BCUT2D eigenvalue weighted by atomic mass is 9.96. The topological polar surface area (TPSA) is 50.5 Å². The highest BCUT2D eigenvalue weighted by Crippen LogP contribution is 2.39. The number of nitrogens with zero attached hydrogens (tertiary/aromatic N) is 4. The summed E-state index contributed by atoms with van der Waals surface area (Å²) in [5, 5.41) is 5.01. The average molecular weight is 357 g/mol. The Morgan fingerprint density at radius 2 is 2.04 bits per heavy atom. The molecule has 25 heavy (non-hydrogen) atoms. The van der Waals surface area contributed by atoms with Gasteiger partial charge in [-0.2, -0.15) is 0 Å². The van der Waals surface area contributed by atoms with Crippen molar-refractivity contribution >= 4 is 11.6 Å². The zero-order valence-electron chi connectivity index (χ0n) is 13.4. The second kappa shape index (κ2) is 5.97. The summed E-state index contributed by atoms with van der Waals surface area (Å²) in [5.74, 6) is 0.382. The maximum Gasteiger partial charge on any atom is 0.128 e. The fraction of sp³-hybridized carbons (Fsp3) is 0.167. The lowest BCUT2D eigenvalue weighted by molar-refractivity contribution is 0.220. The van der Waals surface area contributed by atoms with Gasteiger partial charge in [-0.1, -0.05) is 29.8 Å². The fourth-order valence-corrected chi connectivity index (χ4v) is 3.58. The number of rotatable bonds is 2. The molecule has 0 N–H and O–H groups in total. The first-order valence-electron chi connectivity index (χ1n) is 7.77. The smallest absolute Gasteiger partial charge is 0.128 e. The molecule has 1 atom stereocenters. The van der Waals surface area contributed by atoms with Crippen molar-refractivity contribution in [1.82, 2.24) is 14.6 Å². The minimum Gasteiger partial charge on any atom is -0.299 e. The molecule has 1 aliphatic rings. The van der Waals surface area contributed by atoms with Crippen LogP contribution in [0.2, 0.25) is 5.02 Å². The number of aromatic nitrogens is 2. The Balaban J connectivity index is 2.04. The molecule has 2 aromatic carbocycles. The minimum absolute atomic E-state index is 0.218. The van der Waals surface area contributed by atoms with Crippen LogP contribution >= 0.6 is 11.6 Å². The third kappa shape index (κ3) is 2.49. The third-order valence-corrected chi connectivity index (χ3v) is 4.70. The highest BCUT2D eigenvalue weighted by atomic mass is 35.5.